The Kier molecular flexibility index (Phi) is 31.1. The Morgan fingerprint density at radius 2 is 1.07 bits per heavy atom. The van der Waals surface area contributed by atoms with Crippen LogP contribution in [0, 0.1) is 5.41 Å². The molecule has 2 fully saturated rings. The minimum Gasteiger partial charge on any atom is -0.508 e. The average Bonchev–Trinajstić information content (AvgIpc) is 0.814. The van der Waals surface area contributed by atoms with Crippen molar-refractivity contribution in [1.29, 1.82) is 5.41 Å². The molecule has 0 spiro atoms. The fourth-order valence-corrected chi connectivity index (χ4v) is 10.9. The summed E-state index contributed by atoms with van der Waals surface area (Å²) in [5.41, 5.74) is 4.76. The number of unbranched alkanes of at least 4 members (excludes halogenated alkanes) is 2. The molecule has 2 aliphatic rings. The number of benzene rings is 3. The zero-order valence-electron chi connectivity index (χ0n) is 52.3. The third-order valence-corrected chi connectivity index (χ3v) is 15.9. The maximum Gasteiger partial charge on any atom is 0.317 e. The van der Waals surface area contributed by atoms with E-state index in [0.29, 0.717) is 62.7 Å². The van der Waals surface area contributed by atoms with Gasteiger partial charge in [0.05, 0.1) is 38.8 Å². The Labute approximate surface area is 534 Å². The summed E-state index contributed by atoms with van der Waals surface area (Å²) in [7, 11) is 1.46. The first-order valence-electron chi connectivity index (χ1n) is 31.1. The molecule has 2 heterocycles. The van der Waals surface area contributed by atoms with Crippen molar-refractivity contribution in [3.05, 3.63) is 77.9 Å². The van der Waals surface area contributed by atoms with Crippen LogP contribution < -0.4 is 48.3 Å². The Morgan fingerprint density at radius 1 is 0.587 bits per heavy atom. The van der Waals surface area contributed by atoms with E-state index in [-0.39, 0.29) is 166 Å². The molecule has 3 aromatic rings. The smallest absolute Gasteiger partial charge is 0.317 e. The predicted molar refractivity (Wildman–Crippen MR) is 339 cm³/mol. The lowest BCUT2D eigenvalue weighted by atomic mass is 9.95. The van der Waals surface area contributed by atoms with Crippen molar-refractivity contribution in [3.8, 4) is 5.75 Å². The Bertz CT molecular complexity index is 2960. The molecule has 0 aliphatic carbocycles. The van der Waals surface area contributed by atoms with Gasteiger partial charge in [-0.15, -0.1) is 0 Å². The number of aldehydes is 1. The molecule has 4 atom stereocenters. The number of aromatic hydroxyl groups is 1. The number of likely N-dealkylation sites (N-methyl/N-ethyl adjacent to an activating group) is 1. The maximum atomic E-state index is 14.8. The van der Waals surface area contributed by atoms with Gasteiger partial charge in [0.15, 0.2) is 17.9 Å². The number of rotatable bonds is 31. The molecule has 92 heavy (non-hydrogen) atoms. The number of carbonyl (C=O) groups is 11. The topological polar surface area (TPSA) is 431 Å². The number of guanidine groups is 1. The summed E-state index contributed by atoms with van der Waals surface area (Å²) in [5.74, 6) is -7.24. The number of aliphatic carboxylic acids is 3. The largest absolute Gasteiger partial charge is 0.508 e. The van der Waals surface area contributed by atoms with E-state index in [1.165, 1.54) is 24.1 Å². The van der Waals surface area contributed by atoms with Crippen molar-refractivity contribution in [2.75, 3.05) is 118 Å². The standard InChI is InChI=1S/C62H91N15O15/c1-73-50(13-9-24-66-52(81)15-4-6-22-65-51(80)14-5-7-23-67-54(83)38-74-26-28-75(39-55(84)85)30-32-77(41-57(88)89)33-31-76(29-27-74)40-56(86)87)60(92)70-48(12-8-25-68-61(63)64)59(91)71-49(35-44-16-19-45-10-2-3-11-46(45)34-44)58(90)69-37-53(82)72-62(73,42-78)36-43-17-20-47(79)21-18-43/h2-3,10-11,16-21,34,42,48-50,79H,4-9,12-15,22-33,35-41H2,1H3,(H,65,80)(H,66,81)(H,67,83)(H,69,90)(H,70,92)(H,71,91)(H,72,82)(H,84,85)(H,86,87)(H,88,89)(H4,63,64,68)/t48-,49-,50+,62-/m0/s1. The van der Waals surface area contributed by atoms with Gasteiger partial charge < -0.3 is 68.7 Å². The quantitative estimate of drug-likeness (QED) is 0.0143. The van der Waals surface area contributed by atoms with Crippen LogP contribution in [0.4, 0.5) is 0 Å². The second-order valence-electron chi connectivity index (χ2n) is 23.2. The number of amides is 7. The second-order valence-corrected chi connectivity index (χ2v) is 23.2. The molecule has 2 aliphatic heterocycles. The number of fused-ring (bicyclic) bond motifs is 1. The summed E-state index contributed by atoms with van der Waals surface area (Å²) in [6.45, 7) is 1.47. The Balaban J connectivity index is 1.13. The highest BCUT2D eigenvalue weighted by molar-refractivity contribution is 5.95. The molecule has 2 saturated heterocycles. The van der Waals surface area contributed by atoms with Crippen LogP contribution in [0.15, 0.2) is 66.7 Å². The van der Waals surface area contributed by atoms with Gasteiger partial charge in [0.2, 0.25) is 41.4 Å². The average molecular weight is 1290 g/mol. The van der Waals surface area contributed by atoms with E-state index < -0.39 is 71.9 Å². The van der Waals surface area contributed by atoms with Crippen molar-refractivity contribution in [2.24, 2.45) is 5.73 Å². The van der Waals surface area contributed by atoms with Crippen LogP contribution in [0.5, 0.6) is 5.75 Å². The zero-order chi connectivity index (χ0) is 67.0. The van der Waals surface area contributed by atoms with Crippen molar-refractivity contribution >= 4 is 82.3 Å². The van der Waals surface area contributed by atoms with Gasteiger partial charge in [-0.1, -0.05) is 54.6 Å². The lowest BCUT2D eigenvalue weighted by molar-refractivity contribution is -0.141. The van der Waals surface area contributed by atoms with E-state index in [4.69, 9.17) is 11.1 Å². The third kappa shape index (κ3) is 26.9. The Hall–Kier alpha value is -8.84. The molecule has 30 nitrogen and oxygen atoms in total. The number of carbonyl (C=O) groups excluding carboxylic acids is 8. The molecule has 3 aromatic carbocycles. The van der Waals surface area contributed by atoms with Gasteiger partial charge >= 0.3 is 17.9 Å². The summed E-state index contributed by atoms with van der Waals surface area (Å²) in [5, 5.41) is 70.2. The molecule has 0 bridgehead atoms. The van der Waals surface area contributed by atoms with Crippen LogP contribution in [0.25, 0.3) is 10.8 Å². The maximum absolute atomic E-state index is 14.8. The summed E-state index contributed by atoms with van der Waals surface area (Å²) in [4.78, 5) is 152. The fourth-order valence-electron chi connectivity index (χ4n) is 10.9. The second kappa shape index (κ2) is 38.8. The molecule has 15 N–H and O–H groups in total. The summed E-state index contributed by atoms with van der Waals surface area (Å²) in [6.07, 6.45) is 2.91. The highest BCUT2D eigenvalue weighted by atomic mass is 16.4. The number of hydrogen-bond donors (Lipinski definition) is 14. The van der Waals surface area contributed by atoms with Crippen LogP contribution >= 0.6 is 0 Å². The Morgan fingerprint density at radius 3 is 1.60 bits per heavy atom. The molecule has 504 valence electrons. The van der Waals surface area contributed by atoms with Gasteiger partial charge in [-0.3, -0.25) is 82.6 Å². The molecule has 5 rings (SSSR count). The number of nitrogens with two attached hydrogens (primary N) is 1. The number of phenolic OH excluding ortho intramolecular Hbond substituents is 1. The lowest BCUT2D eigenvalue weighted by Gasteiger charge is -2.42. The molecule has 0 aromatic heterocycles. The van der Waals surface area contributed by atoms with Gasteiger partial charge in [-0.25, -0.2) is 0 Å². The van der Waals surface area contributed by atoms with Crippen molar-refractivity contribution in [3.63, 3.8) is 0 Å². The first-order chi connectivity index (χ1) is 44.0. The monoisotopic (exact) mass is 1290 g/mol. The molecule has 0 saturated carbocycles. The molecule has 0 radical (unpaired) electrons. The van der Waals surface area contributed by atoms with Gasteiger partial charge in [0.25, 0.3) is 0 Å². The van der Waals surface area contributed by atoms with Gasteiger partial charge in [0, 0.05) is 104 Å². The number of hydrogen-bond acceptors (Lipinski definition) is 18. The van der Waals surface area contributed by atoms with E-state index in [2.05, 4.69) is 42.5 Å². The highest BCUT2D eigenvalue weighted by Gasteiger charge is 2.43. The van der Waals surface area contributed by atoms with Crippen LogP contribution in [0.1, 0.15) is 75.3 Å². The van der Waals surface area contributed by atoms with Gasteiger partial charge in [-0.2, -0.15) is 0 Å². The molecule has 7 amide bonds. The summed E-state index contributed by atoms with van der Waals surface area (Å²) >= 11 is 0. The van der Waals surface area contributed by atoms with Crippen molar-refractivity contribution in [2.45, 2.75) is 101 Å². The van der Waals surface area contributed by atoms with Gasteiger partial charge in [0.1, 0.15) is 17.8 Å². The van der Waals surface area contributed by atoms with E-state index in [9.17, 15) is 73.2 Å². The number of phenols is 1. The van der Waals surface area contributed by atoms with Crippen molar-refractivity contribution < 1.29 is 73.2 Å². The van der Waals surface area contributed by atoms with E-state index in [0.717, 1.165) is 10.8 Å². The summed E-state index contributed by atoms with van der Waals surface area (Å²) < 4.78 is 0. The fraction of sp³-hybridized carbons (Fsp3) is 0.548. The number of carboxylic acid groups (broad SMARTS) is 3. The van der Waals surface area contributed by atoms with E-state index in [1.807, 2.05) is 47.4 Å². The van der Waals surface area contributed by atoms with Crippen LogP contribution in [0.3, 0.4) is 0 Å². The van der Waals surface area contributed by atoms with E-state index >= 15 is 0 Å². The van der Waals surface area contributed by atoms with E-state index in [1.54, 1.807) is 26.8 Å². The third-order valence-electron chi connectivity index (χ3n) is 15.9. The minimum absolute atomic E-state index is 0.00457. The first-order valence-corrected chi connectivity index (χ1v) is 31.1. The molecule has 0 unspecified atom stereocenters. The van der Waals surface area contributed by atoms with Gasteiger partial charge in [-0.05, 0) is 92.4 Å². The number of nitrogens with zero attached hydrogens (tertiary/aromatic N) is 5. The highest BCUT2D eigenvalue weighted by Crippen LogP contribution is 2.24. The number of carboxylic acids is 3. The predicted octanol–water partition coefficient (Wildman–Crippen LogP) is -2.05. The molecular formula is C62H91N15O15. The normalized spacial score (nSPS) is 19.9. The minimum atomic E-state index is -1.95. The summed E-state index contributed by atoms with van der Waals surface area (Å²) in [6, 6.07) is 15.4. The first kappa shape index (κ1) is 73.9. The zero-order valence-corrected chi connectivity index (χ0v) is 52.3. The number of nitrogens with one attached hydrogen (secondary N) is 9. The lowest BCUT2D eigenvalue weighted by Crippen LogP contribution is -2.68. The SMILES string of the molecule is CN1[C@H](CCCNC(=O)CCCCNC(=O)CCCCNC(=O)CN2CCN(CC(=O)O)CCN(CC(=O)O)CCN(CC(=O)O)CC2)C(=O)N[C@@H](CCCNC(=N)N)C(=O)N[C@@H](Cc2ccc3ccccc3c2)C(=O)NCC(=O)N[C@@]1(C=O)Cc1ccc(O)cc1. The van der Waals surface area contributed by atoms with Crippen LogP contribution in [0.2, 0.25) is 0 Å². The van der Waals surface area contributed by atoms with Crippen molar-refractivity contribution in [1.82, 2.24) is 67.0 Å². The molecule has 30 heteroatoms. The molecular weight excluding hydrogens is 1190 g/mol. The van der Waals surface area contributed by atoms with Crippen LogP contribution in [-0.2, 0) is 65.6 Å². The van der Waals surface area contributed by atoms with Crippen LogP contribution in [-0.4, -0.2) is 259 Å².